The van der Waals surface area contributed by atoms with E-state index < -0.39 is 28.3 Å². The van der Waals surface area contributed by atoms with Gasteiger partial charge in [-0.1, -0.05) is 35.9 Å². The molecule has 30 heavy (non-hydrogen) atoms. The number of benzene rings is 2. The molecule has 1 heterocycles. The third-order valence-corrected chi connectivity index (χ3v) is 7.29. The van der Waals surface area contributed by atoms with Crippen LogP contribution in [-0.4, -0.2) is 34.0 Å². The van der Waals surface area contributed by atoms with Gasteiger partial charge in [0.2, 0.25) is 5.91 Å². The lowest BCUT2D eigenvalue weighted by Gasteiger charge is -2.23. The highest BCUT2D eigenvalue weighted by atomic mass is 32.2. The lowest BCUT2D eigenvalue weighted by atomic mass is 10.2. The van der Waals surface area contributed by atoms with E-state index in [1.807, 2.05) is 31.2 Å². The summed E-state index contributed by atoms with van der Waals surface area (Å²) >= 11 is 1.00. The highest BCUT2D eigenvalue weighted by Crippen LogP contribution is 2.28. The molecule has 3 aromatic rings. The zero-order chi connectivity index (χ0) is 21.6. The van der Waals surface area contributed by atoms with Gasteiger partial charge in [-0.3, -0.25) is 9.10 Å². The Labute approximate surface area is 179 Å². The number of nitrogens with zero attached hydrogens (tertiary/aromatic N) is 1. The molecule has 0 aliphatic rings. The van der Waals surface area contributed by atoms with Gasteiger partial charge in [-0.15, -0.1) is 11.3 Å². The summed E-state index contributed by atoms with van der Waals surface area (Å²) in [6, 6.07) is 15.9. The van der Waals surface area contributed by atoms with Gasteiger partial charge in [-0.2, -0.15) is 0 Å². The number of nitrogens with one attached hydrogen (secondary N) is 1. The Morgan fingerprint density at radius 1 is 1.10 bits per heavy atom. The van der Waals surface area contributed by atoms with Crippen LogP contribution in [0.1, 0.15) is 5.56 Å². The molecule has 0 radical (unpaired) electrons. The van der Waals surface area contributed by atoms with E-state index in [1.54, 1.807) is 11.4 Å². The van der Waals surface area contributed by atoms with E-state index in [1.165, 1.54) is 24.3 Å². The largest absolute Gasteiger partial charge is 0.492 e. The SMILES string of the molecule is Cc1ccc(OCCNC(=O)CN(c2ccccc2F)S(=O)(=O)c2cccs2)cc1. The number of carbonyl (C=O) groups is 1. The van der Waals surface area contributed by atoms with Crippen LogP contribution in [0, 0.1) is 12.7 Å². The second-order valence-corrected chi connectivity index (χ2v) is 9.44. The average molecular weight is 449 g/mol. The van der Waals surface area contributed by atoms with Gasteiger partial charge in [0.05, 0.1) is 12.2 Å². The molecule has 0 bridgehead atoms. The number of sulfonamides is 1. The number of ether oxygens (including phenoxy) is 1. The molecule has 6 nitrogen and oxygen atoms in total. The summed E-state index contributed by atoms with van der Waals surface area (Å²) in [7, 11) is -4.09. The maximum atomic E-state index is 14.3. The molecule has 0 saturated carbocycles. The van der Waals surface area contributed by atoms with Gasteiger partial charge >= 0.3 is 0 Å². The van der Waals surface area contributed by atoms with Crippen LogP contribution < -0.4 is 14.4 Å². The number of aryl methyl sites for hydroxylation is 1. The maximum Gasteiger partial charge on any atom is 0.274 e. The van der Waals surface area contributed by atoms with Crippen molar-refractivity contribution < 1.29 is 22.3 Å². The Bertz CT molecular complexity index is 1080. The van der Waals surface area contributed by atoms with Gasteiger partial charge in [0.15, 0.2) is 0 Å². The van der Waals surface area contributed by atoms with E-state index in [9.17, 15) is 17.6 Å². The highest BCUT2D eigenvalue weighted by Gasteiger charge is 2.29. The molecule has 3 rings (SSSR count). The fourth-order valence-electron chi connectivity index (χ4n) is 2.65. The molecule has 0 unspecified atom stereocenters. The van der Waals surface area contributed by atoms with Crippen molar-refractivity contribution in [3.63, 3.8) is 0 Å². The molecule has 0 spiro atoms. The van der Waals surface area contributed by atoms with E-state index in [2.05, 4.69) is 5.32 Å². The number of halogens is 1. The minimum Gasteiger partial charge on any atom is -0.492 e. The van der Waals surface area contributed by atoms with Crippen LogP contribution in [0.15, 0.2) is 70.3 Å². The lowest BCUT2D eigenvalue weighted by Crippen LogP contribution is -2.42. The van der Waals surface area contributed by atoms with E-state index in [-0.39, 0.29) is 23.0 Å². The number of carbonyl (C=O) groups excluding carboxylic acids is 1. The molecule has 0 fully saturated rings. The Balaban J connectivity index is 1.66. The summed E-state index contributed by atoms with van der Waals surface area (Å²) in [5, 5.41) is 4.22. The summed E-state index contributed by atoms with van der Waals surface area (Å²) in [5.41, 5.74) is 0.924. The first-order valence-corrected chi connectivity index (χ1v) is 11.5. The van der Waals surface area contributed by atoms with Crippen molar-refractivity contribution in [3.8, 4) is 5.75 Å². The predicted octanol–water partition coefficient (Wildman–Crippen LogP) is 3.59. The minimum atomic E-state index is -4.09. The van der Waals surface area contributed by atoms with Crippen molar-refractivity contribution >= 4 is 33.0 Å². The topological polar surface area (TPSA) is 75.7 Å². The van der Waals surface area contributed by atoms with E-state index in [0.29, 0.717) is 5.75 Å². The quantitative estimate of drug-likeness (QED) is 0.508. The van der Waals surface area contributed by atoms with Crippen molar-refractivity contribution in [1.82, 2.24) is 5.32 Å². The molecule has 0 aliphatic heterocycles. The smallest absolute Gasteiger partial charge is 0.274 e. The molecule has 1 aromatic heterocycles. The van der Waals surface area contributed by atoms with E-state index in [4.69, 9.17) is 4.74 Å². The van der Waals surface area contributed by atoms with Gasteiger partial charge < -0.3 is 10.1 Å². The van der Waals surface area contributed by atoms with Crippen LogP contribution in [0.3, 0.4) is 0 Å². The first-order valence-electron chi connectivity index (χ1n) is 9.15. The first kappa shape index (κ1) is 21.8. The summed E-state index contributed by atoms with van der Waals surface area (Å²) in [4.78, 5) is 12.4. The number of hydrogen-bond acceptors (Lipinski definition) is 5. The van der Waals surface area contributed by atoms with Gasteiger partial charge in [-0.25, -0.2) is 12.8 Å². The van der Waals surface area contributed by atoms with Crippen LogP contribution in [0.2, 0.25) is 0 Å². The first-order chi connectivity index (χ1) is 14.4. The van der Waals surface area contributed by atoms with Gasteiger partial charge in [0.1, 0.15) is 28.9 Å². The maximum absolute atomic E-state index is 14.3. The number of anilines is 1. The van der Waals surface area contributed by atoms with Crippen molar-refractivity contribution in [2.75, 3.05) is 24.0 Å². The monoisotopic (exact) mass is 448 g/mol. The summed E-state index contributed by atoms with van der Waals surface area (Å²) < 4.78 is 46.7. The Hall–Kier alpha value is -2.91. The van der Waals surface area contributed by atoms with Crippen molar-refractivity contribution in [2.45, 2.75) is 11.1 Å². The Morgan fingerprint density at radius 3 is 2.50 bits per heavy atom. The van der Waals surface area contributed by atoms with Crippen LogP contribution >= 0.6 is 11.3 Å². The number of thiophene rings is 1. The van der Waals surface area contributed by atoms with Gasteiger partial charge in [-0.05, 0) is 42.6 Å². The van der Waals surface area contributed by atoms with Gasteiger partial charge in [0, 0.05) is 0 Å². The van der Waals surface area contributed by atoms with Crippen LogP contribution in [0.25, 0.3) is 0 Å². The second kappa shape index (κ2) is 9.73. The van der Waals surface area contributed by atoms with Crippen molar-refractivity contribution in [2.24, 2.45) is 0 Å². The van der Waals surface area contributed by atoms with Crippen LogP contribution in [0.4, 0.5) is 10.1 Å². The van der Waals surface area contributed by atoms with Gasteiger partial charge in [0.25, 0.3) is 10.0 Å². The molecule has 1 amide bonds. The molecule has 0 aliphatic carbocycles. The molecule has 0 atom stereocenters. The molecule has 1 N–H and O–H groups in total. The zero-order valence-corrected chi connectivity index (χ0v) is 17.9. The third kappa shape index (κ3) is 5.37. The normalized spacial score (nSPS) is 11.1. The minimum absolute atomic E-state index is 0.0289. The number of amides is 1. The Morgan fingerprint density at radius 2 is 1.83 bits per heavy atom. The lowest BCUT2D eigenvalue weighted by molar-refractivity contribution is -0.119. The zero-order valence-electron chi connectivity index (χ0n) is 16.2. The highest BCUT2D eigenvalue weighted by molar-refractivity contribution is 7.94. The van der Waals surface area contributed by atoms with Crippen LogP contribution in [-0.2, 0) is 14.8 Å². The molecule has 9 heteroatoms. The van der Waals surface area contributed by atoms with E-state index >= 15 is 0 Å². The van der Waals surface area contributed by atoms with Crippen molar-refractivity contribution in [3.05, 3.63) is 77.4 Å². The fourth-order valence-corrected chi connectivity index (χ4v) is 5.19. The molecule has 158 valence electrons. The summed E-state index contributed by atoms with van der Waals surface area (Å²) in [6.45, 7) is 1.81. The molecular weight excluding hydrogens is 427 g/mol. The number of para-hydroxylation sites is 1. The third-order valence-electron chi connectivity index (χ3n) is 4.16. The molecule has 0 saturated heterocycles. The summed E-state index contributed by atoms with van der Waals surface area (Å²) in [6.07, 6.45) is 0. The fraction of sp³-hybridized carbons (Fsp3) is 0.190. The van der Waals surface area contributed by atoms with E-state index in [0.717, 1.165) is 27.3 Å². The summed E-state index contributed by atoms with van der Waals surface area (Å²) in [5.74, 6) is -0.623. The number of hydrogen-bond donors (Lipinski definition) is 1. The van der Waals surface area contributed by atoms with Crippen molar-refractivity contribution in [1.29, 1.82) is 0 Å². The Kier molecular flexibility index (Phi) is 7.07. The molecule has 2 aromatic carbocycles. The number of rotatable bonds is 9. The standard InChI is InChI=1S/C21H21FN2O4S2/c1-16-8-10-17(11-9-16)28-13-12-23-20(25)15-24(19-6-3-2-5-18(19)22)30(26,27)21-7-4-14-29-21/h2-11,14H,12-13,15H2,1H3,(H,23,25). The predicted molar refractivity (Wildman–Crippen MR) is 115 cm³/mol. The second-order valence-electron chi connectivity index (χ2n) is 6.41. The molecular formula is C21H21FN2O4S2. The van der Waals surface area contributed by atoms with Crippen LogP contribution in [0.5, 0.6) is 5.75 Å². The average Bonchev–Trinajstić information content (AvgIpc) is 3.27.